The number of nitrogens with zero attached hydrogens (tertiary/aromatic N) is 2. The van der Waals surface area contributed by atoms with Crippen molar-refractivity contribution >= 4 is 28.8 Å². The third kappa shape index (κ3) is 2.38. The number of hydrogen-bond donors (Lipinski definition) is 0. The molecule has 0 bridgehead atoms. The number of likely N-dealkylation sites (tertiary alicyclic amines) is 1. The third-order valence-corrected chi connectivity index (χ3v) is 4.34. The minimum absolute atomic E-state index is 0.219. The molecule has 1 amide bonds. The normalized spacial score (nSPS) is 20.8. The van der Waals surface area contributed by atoms with Gasteiger partial charge in [-0.2, -0.15) is 0 Å². The Morgan fingerprint density at radius 1 is 1.56 bits per heavy atom. The molecule has 0 spiro atoms. The third-order valence-electron chi connectivity index (χ3n) is 2.85. The van der Waals surface area contributed by atoms with Gasteiger partial charge in [0.2, 0.25) is 5.91 Å². The van der Waals surface area contributed by atoms with Gasteiger partial charge in [-0.3, -0.25) is 4.79 Å². The molecule has 0 saturated carbocycles. The van der Waals surface area contributed by atoms with Gasteiger partial charge in [0.15, 0.2) is 0 Å². The number of amides is 1. The van der Waals surface area contributed by atoms with Crippen molar-refractivity contribution in [3.05, 3.63) is 15.6 Å². The molecular formula is C11H15ClN2OS. The first-order valence-corrected chi connectivity index (χ1v) is 6.72. The SMILES string of the molecule is Cc1nc(C)c(CN2CC(CCl)CC2=O)s1. The Kier molecular flexibility index (Phi) is 3.50. The number of aromatic nitrogens is 1. The van der Waals surface area contributed by atoms with Crippen molar-refractivity contribution in [1.82, 2.24) is 9.88 Å². The van der Waals surface area contributed by atoms with E-state index in [1.807, 2.05) is 18.7 Å². The van der Waals surface area contributed by atoms with Crippen LogP contribution in [0.2, 0.25) is 0 Å². The molecule has 0 aliphatic carbocycles. The maximum Gasteiger partial charge on any atom is 0.223 e. The summed E-state index contributed by atoms with van der Waals surface area (Å²) in [5, 5.41) is 1.06. The predicted molar refractivity (Wildman–Crippen MR) is 65.8 cm³/mol. The fraction of sp³-hybridized carbons (Fsp3) is 0.636. The minimum Gasteiger partial charge on any atom is -0.337 e. The molecule has 2 heterocycles. The van der Waals surface area contributed by atoms with Crippen LogP contribution in [0.1, 0.15) is 22.0 Å². The lowest BCUT2D eigenvalue weighted by molar-refractivity contribution is -0.128. The number of rotatable bonds is 3. The summed E-state index contributed by atoms with van der Waals surface area (Å²) in [6.07, 6.45) is 0.598. The summed E-state index contributed by atoms with van der Waals surface area (Å²) in [5.74, 6) is 1.11. The summed E-state index contributed by atoms with van der Waals surface area (Å²) < 4.78 is 0. The molecule has 1 fully saturated rings. The van der Waals surface area contributed by atoms with Gasteiger partial charge < -0.3 is 4.90 Å². The van der Waals surface area contributed by atoms with Crippen LogP contribution in [-0.4, -0.2) is 28.2 Å². The van der Waals surface area contributed by atoms with E-state index in [0.29, 0.717) is 24.8 Å². The van der Waals surface area contributed by atoms with Crippen LogP contribution < -0.4 is 0 Å². The molecular weight excluding hydrogens is 244 g/mol. The highest BCUT2D eigenvalue weighted by Gasteiger charge is 2.29. The second-order valence-corrected chi connectivity index (χ2v) is 5.84. The fourth-order valence-electron chi connectivity index (χ4n) is 2.00. The maximum absolute atomic E-state index is 11.7. The average Bonchev–Trinajstić information content (AvgIpc) is 2.72. The molecule has 3 nitrogen and oxygen atoms in total. The van der Waals surface area contributed by atoms with Crippen LogP contribution in [-0.2, 0) is 11.3 Å². The van der Waals surface area contributed by atoms with Crippen LogP contribution in [0.3, 0.4) is 0 Å². The number of hydrogen-bond acceptors (Lipinski definition) is 3. The number of thiazole rings is 1. The molecule has 1 aliphatic heterocycles. The van der Waals surface area contributed by atoms with Gasteiger partial charge in [0.05, 0.1) is 17.2 Å². The van der Waals surface area contributed by atoms with E-state index in [4.69, 9.17) is 11.6 Å². The van der Waals surface area contributed by atoms with Gasteiger partial charge >= 0.3 is 0 Å². The van der Waals surface area contributed by atoms with Gasteiger partial charge in [0, 0.05) is 23.7 Å². The zero-order valence-corrected chi connectivity index (χ0v) is 11.1. The summed E-state index contributed by atoms with van der Waals surface area (Å²) in [5.41, 5.74) is 1.05. The minimum atomic E-state index is 0.219. The highest BCUT2D eigenvalue weighted by Crippen LogP contribution is 2.24. The van der Waals surface area contributed by atoms with E-state index in [9.17, 15) is 4.79 Å². The van der Waals surface area contributed by atoms with Gasteiger partial charge in [-0.15, -0.1) is 22.9 Å². The van der Waals surface area contributed by atoms with E-state index in [-0.39, 0.29) is 5.91 Å². The molecule has 1 saturated heterocycles. The fourth-order valence-corrected chi connectivity index (χ4v) is 3.16. The molecule has 2 rings (SSSR count). The van der Waals surface area contributed by atoms with Crippen LogP contribution >= 0.6 is 22.9 Å². The zero-order valence-electron chi connectivity index (χ0n) is 9.49. The maximum atomic E-state index is 11.7. The standard InChI is InChI=1S/C11H15ClN2OS/c1-7-10(16-8(2)13-7)6-14-5-9(4-12)3-11(14)15/h9H,3-6H2,1-2H3. The smallest absolute Gasteiger partial charge is 0.223 e. The number of alkyl halides is 1. The summed E-state index contributed by atoms with van der Waals surface area (Å²) in [4.78, 5) is 19.2. The molecule has 1 unspecified atom stereocenters. The summed E-state index contributed by atoms with van der Waals surface area (Å²) >= 11 is 7.46. The lowest BCUT2D eigenvalue weighted by atomic mass is 10.1. The quantitative estimate of drug-likeness (QED) is 0.780. The lowest BCUT2D eigenvalue weighted by Gasteiger charge is -2.15. The Hall–Kier alpha value is -0.610. The molecule has 1 aromatic rings. The van der Waals surface area contributed by atoms with Gasteiger partial charge in [0.1, 0.15) is 0 Å². The van der Waals surface area contributed by atoms with E-state index in [2.05, 4.69) is 4.98 Å². The predicted octanol–water partition coefficient (Wildman–Crippen LogP) is 2.35. The van der Waals surface area contributed by atoms with Crippen molar-refractivity contribution < 1.29 is 4.79 Å². The number of aryl methyl sites for hydroxylation is 2. The topological polar surface area (TPSA) is 33.2 Å². The Morgan fingerprint density at radius 3 is 2.81 bits per heavy atom. The highest BCUT2D eigenvalue weighted by atomic mass is 35.5. The molecule has 0 radical (unpaired) electrons. The van der Waals surface area contributed by atoms with Crippen molar-refractivity contribution in [2.45, 2.75) is 26.8 Å². The molecule has 5 heteroatoms. The first-order valence-electron chi connectivity index (χ1n) is 5.36. The van der Waals surface area contributed by atoms with Crippen LogP contribution in [0.4, 0.5) is 0 Å². The first-order chi connectivity index (χ1) is 7.60. The highest BCUT2D eigenvalue weighted by molar-refractivity contribution is 7.11. The van der Waals surface area contributed by atoms with E-state index in [1.54, 1.807) is 11.3 Å². The van der Waals surface area contributed by atoms with Gasteiger partial charge in [-0.25, -0.2) is 4.98 Å². The summed E-state index contributed by atoms with van der Waals surface area (Å²) in [6.45, 7) is 5.48. The van der Waals surface area contributed by atoms with Crippen molar-refractivity contribution in [1.29, 1.82) is 0 Å². The summed E-state index contributed by atoms with van der Waals surface area (Å²) in [7, 11) is 0. The van der Waals surface area contributed by atoms with Gasteiger partial charge in [-0.1, -0.05) is 0 Å². The molecule has 16 heavy (non-hydrogen) atoms. The van der Waals surface area contributed by atoms with E-state index in [0.717, 1.165) is 17.2 Å². The Bertz CT molecular complexity index is 405. The Labute approximate surface area is 104 Å². The number of carbonyl (C=O) groups is 1. The van der Waals surface area contributed by atoms with E-state index < -0.39 is 0 Å². The molecule has 1 atom stereocenters. The van der Waals surface area contributed by atoms with Crippen LogP contribution in [0.15, 0.2) is 0 Å². The van der Waals surface area contributed by atoms with Crippen LogP contribution in [0, 0.1) is 19.8 Å². The van der Waals surface area contributed by atoms with Crippen molar-refractivity contribution in [2.75, 3.05) is 12.4 Å². The van der Waals surface area contributed by atoms with Crippen molar-refractivity contribution in [2.24, 2.45) is 5.92 Å². The van der Waals surface area contributed by atoms with Gasteiger partial charge in [-0.05, 0) is 19.8 Å². The average molecular weight is 259 g/mol. The van der Waals surface area contributed by atoms with Crippen LogP contribution in [0.5, 0.6) is 0 Å². The molecule has 0 N–H and O–H groups in total. The van der Waals surface area contributed by atoms with Crippen LogP contribution in [0.25, 0.3) is 0 Å². The van der Waals surface area contributed by atoms with E-state index >= 15 is 0 Å². The lowest BCUT2D eigenvalue weighted by Crippen LogP contribution is -2.24. The second-order valence-electron chi connectivity index (χ2n) is 4.24. The largest absolute Gasteiger partial charge is 0.337 e. The molecule has 1 aromatic heterocycles. The zero-order chi connectivity index (χ0) is 11.7. The Morgan fingerprint density at radius 2 is 2.31 bits per heavy atom. The van der Waals surface area contributed by atoms with Crippen molar-refractivity contribution in [3.63, 3.8) is 0 Å². The molecule has 1 aliphatic rings. The van der Waals surface area contributed by atoms with E-state index in [1.165, 1.54) is 4.88 Å². The monoisotopic (exact) mass is 258 g/mol. The van der Waals surface area contributed by atoms with Crippen molar-refractivity contribution in [3.8, 4) is 0 Å². The summed E-state index contributed by atoms with van der Waals surface area (Å²) in [6, 6.07) is 0. The Balaban J connectivity index is 2.05. The molecule has 88 valence electrons. The second kappa shape index (κ2) is 4.72. The van der Waals surface area contributed by atoms with Gasteiger partial charge in [0.25, 0.3) is 0 Å². The first kappa shape index (κ1) is 11.9. The number of carbonyl (C=O) groups excluding carboxylic acids is 1. The molecule has 0 aromatic carbocycles. The number of halogens is 1.